The summed E-state index contributed by atoms with van der Waals surface area (Å²) in [7, 11) is -3.83. The maximum Gasteiger partial charge on any atom is 0.182 e. The third-order valence-corrected chi connectivity index (χ3v) is 6.16. The summed E-state index contributed by atoms with van der Waals surface area (Å²) in [5, 5.41) is 11.5. The minimum Gasteiger partial charge on any atom is -0.284 e. The third-order valence-electron chi connectivity index (χ3n) is 4.20. The number of sulfone groups is 1. The second-order valence-corrected chi connectivity index (χ2v) is 8.50. The lowest BCUT2D eigenvalue weighted by Crippen LogP contribution is -2.23. The van der Waals surface area contributed by atoms with Crippen molar-refractivity contribution >= 4 is 21.4 Å². The summed E-state index contributed by atoms with van der Waals surface area (Å²) in [6.07, 6.45) is 6.43. The Balaban J connectivity index is 1.73. The van der Waals surface area contributed by atoms with Crippen LogP contribution in [0.25, 0.3) is 0 Å². The predicted octanol–water partition coefficient (Wildman–Crippen LogP) is 2.65. The van der Waals surface area contributed by atoms with Gasteiger partial charge in [0.2, 0.25) is 0 Å². The standard InChI is InChI=1S/C19H13ClFN3O3S/c20-14-5-3-4-12(18(14)21)11-28(26,27)13-7-8-15-16(10-13)23-19(22-15)17-6-1-2-9-24(17)25/h1-10,25H,11H2. The molecule has 0 aliphatic carbocycles. The van der Waals surface area contributed by atoms with E-state index in [1.165, 1.54) is 42.6 Å². The van der Waals surface area contributed by atoms with E-state index in [4.69, 9.17) is 11.6 Å². The Morgan fingerprint density at radius 1 is 1.11 bits per heavy atom. The van der Waals surface area contributed by atoms with Crippen LogP contribution in [0.1, 0.15) is 5.56 Å². The molecule has 6 nitrogen and oxygen atoms in total. The summed E-state index contributed by atoms with van der Waals surface area (Å²) in [5.41, 5.74) is 0.358. The van der Waals surface area contributed by atoms with Crippen LogP contribution in [0.2, 0.25) is 5.02 Å². The SMILES string of the molecule is O=S(=O)(Cc1cccc(Cl)c1F)c1ccc2c(c1)=NC(=C1C=CC=CN1O)N=2. The van der Waals surface area contributed by atoms with Gasteiger partial charge in [-0.3, -0.25) is 5.21 Å². The van der Waals surface area contributed by atoms with Crippen LogP contribution in [0.3, 0.4) is 0 Å². The first kappa shape index (κ1) is 18.5. The number of halogens is 2. The lowest BCUT2D eigenvalue weighted by atomic mass is 10.2. The van der Waals surface area contributed by atoms with E-state index in [2.05, 4.69) is 9.98 Å². The molecular weight excluding hydrogens is 405 g/mol. The zero-order valence-electron chi connectivity index (χ0n) is 14.3. The summed E-state index contributed by atoms with van der Waals surface area (Å²) in [6, 6.07) is 8.55. The zero-order chi connectivity index (χ0) is 19.9. The Morgan fingerprint density at radius 3 is 2.68 bits per heavy atom. The van der Waals surface area contributed by atoms with Gasteiger partial charge in [0.1, 0.15) is 11.5 Å². The molecule has 0 spiro atoms. The van der Waals surface area contributed by atoms with Gasteiger partial charge in [0.25, 0.3) is 0 Å². The molecule has 28 heavy (non-hydrogen) atoms. The van der Waals surface area contributed by atoms with Crippen molar-refractivity contribution in [2.45, 2.75) is 10.6 Å². The molecule has 2 aromatic carbocycles. The van der Waals surface area contributed by atoms with Crippen molar-refractivity contribution in [2.24, 2.45) is 9.98 Å². The van der Waals surface area contributed by atoms with Crippen molar-refractivity contribution in [1.29, 1.82) is 0 Å². The van der Waals surface area contributed by atoms with Crippen molar-refractivity contribution < 1.29 is 18.0 Å². The van der Waals surface area contributed by atoms with E-state index in [9.17, 15) is 18.0 Å². The van der Waals surface area contributed by atoms with Gasteiger partial charge < -0.3 is 0 Å². The fourth-order valence-electron chi connectivity index (χ4n) is 2.81. The van der Waals surface area contributed by atoms with Gasteiger partial charge in [0.05, 0.1) is 26.4 Å². The average Bonchev–Trinajstić information content (AvgIpc) is 3.09. The van der Waals surface area contributed by atoms with Crippen molar-refractivity contribution in [3.05, 3.63) is 99.5 Å². The van der Waals surface area contributed by atoms with E-state index in [0.717, 1.165) is 5.06 Å². The number of fused-ring (bicyclic) bond motifs is 1. The molecule has 0 saturated heterocycles. The van der Waals surface area contributed by atoms with Crippen molar-refractivity contribution in [2.75, 3.05) is 0 Å². The molecule has 0 atom stereocenters. The van der Waals surface area contributed by atoms with Crippen LogP contribution in [0.5, 0.6) is 0 Å². The van der Waals surface area contributed by atoms with E-state index in [1.54, 1.807) is 18.2 Å². The first-order valence-corrected chi connectivity index (χ1v) is 10.2. The quantitative estimate of drug-likeness (QED) is 0.832. The molecule has 0 amide bonds. The van der Waals surface area contributed by atoms with Crippen LogP contribution in [0.15, 0.2) is 87.2 Å². The minimum atomic E-state index is -3.83. The molecule has 9 heteroatoms. The van der Waals surface area contributed by atoms with Crippen LogP contribution in [-0.4, -0.2) is 18.7 Å². The number of hydroxylamine groups is 2. The summed E-state index contributed by atoms with van der Waals surface area (Å²) in [6.45, 7) is 0. The normalized spacial score (nSPS) is 18.0. The summed E-state index contributed by atoms with van der Waals surface area (Å²) in [5.74, 6) is -1.02. The van der Waals surface area contributed by atoms with Crippen LogP contribution in [0, 0.1) is 5.82 Å². The van der Waals surface area contributed by atoms with E-state index in [-0.39, 0.29) is 21.3 Å². The highest BCUT2D eigenvalue weighted by molar-refractivity contribution is 7.90. The van der Waals surface area contributed by atoms with Gasteiger partial charge in [-0.2, -0.15) is 0 Å². The Kier molecular flexibility index (Phi) is 4.62. The highest BCUT2D eigenvalue weighted by Gasteiger charge is 2.20. The van der Waals surface area contributed by atoms with Gasteiger partial charge in [-0.25, -0.2) is 27.9 Å². The van der Waals surface area contributed by atoms with E-state index in [0.29, 0.717) is 16.4 Å². The largest absolute Gasteiger partial charge is 0.284 e. The van der Waals surface area contributed by atoms with Gasteiger partial charge in [0, 0.05) is 11.8 Å². The monoisotopic (exact) mass is 417 g/mol. The van der Waals surface area contributed by atoms with Crippen LogP contribution in [0.4, 0.5) is 4.39 Å². The topological polar surface area (TPSA) is 82.3 Å². The molecule has 0 unspecified atom stereocenters. The number of allylic oxidation sites excluding steroid dienone is 3. The minimum absolute atomic E-state index is 0.00392. The van der Waals surface area contributed by atoms with E-state index < -0.39 is 21.4 Å². The first-order valence-electron chi connectivity index (χ1n) is 8.15. The molecule has 2 aliphatic rings. The lowest BCUT2D eigenvalue weighted by Gasteiger charge is -2.15. The Labute approximate surface area is 164 Å². The van der Waals surface area contributed by atoms with Gasteiger partial charge >= 0.3 is 0 Å². The van der Waals surface area contributed by atoms with Crippen LogP contribution in [-0.2, 0) is 15.6 Å². The Hall–Kier alpha value is -2.81. The van der Waals surface area contributed by atoms with Crippen LogP contribution >= 0.6 is 11.6 Å². The number of hydrogen-bond donors (Lipinski definition) is 1. The Bertz CT molecular complexity index is 1300. The molecule has 2 aromatic rings. The predicted molar refractivity (Wildman–Crippen MR) is 100.0 cm³/mol. The van der Waals surface area contributed by atoms with Crippen molar-refractivity contribution in [3.63, 3.8) is 0 Å². The molecule has 2 aliphatic heterocycles. The molecule has 0 saturated carbocycles. The van der Waals surface area contributed by atoms with Crippen molar-refractivity contribution in [1.82, 2.24) is 5.06 Å². The van der Waals surface area contributed by atoms with E-state index >= 15 is 0 Å². The molecule has 2 heterocycles. The molecule has 1 N–H and O–H groups in total. The van der Waals surface area contributed by atoms with Gasteiger partial charge in [-0.15, -0.1) is 0 Å². The number of hydrogen-bond acceptors (Lipinski definition) is 6. The molecule has 0 fully saturated rings. The van der Waals surface area contributed by atoms with Gasteiger partial charge in [-0.05, 0) is 36.4 Å². The zero-order valence-corrected chi connectivity index (χ0v) is 15.8. The van der Waals surface area contributed by atoms with Crippen LogP contribution < -0.4 is 10.7 Å². The Morgan fingerprint density at radius 2 is 1.89 bits per heavy atom. The van der Waals surface area contributed by atoms with Gasteiger partial charge in [-0.1, -0.05) is 29.8 Å². The summed E-state index contributed by atoms with van der Waals surface area (Å²) >= 11 is 5.73. The number of rotatable bonds is 3. The highest BCUT2D eigenvalue weighted by Crippen LogP contribution is 2.23. The molecule has 0 bridgehead atoms. The molecular formula is C19H13ClFN3O3S. The maximum absolute atomic E-state index is 14.1. The molecule has 4 rings (SSSR count). The third kappa shape index (κ3) is 3.37. The highest BCUT2D eigenvalue weighted by atomic mass is 35.5. The molecule has 142 valence electrons. The second kappa shape index (κ2) is 6.97. The van der Waals surface area contributed by atoms with Gasteiger partial charge in [0.15, 0.2) is 15.7 Å². The number of nitrogens with zero attached hydrogens (tertiary/aromatic N) is 3. The fraction of sp³-hybridized carbons (Fsp3) is 0.0526. The number of benzene rings is 2. The van der Waals surface area contributed by atoms with Crippen molar-refractivity contribution in [3.8, 4) is 0 Å². The summed E-state index contributed by atoms with van der Waals surface area (Å²) < 4.78 is 39.6. The fourth-order valence-corrected chi connectivity index (χ4v) is 4.37. The first-order chi connectivity index (χ1) is 13.3. The molecule has 0 aromatic heterocycles. The second-order valence-electron chi connectivity index (χ2n) is 6.10. The maximum atomic E-state index is 14.1. The smallest absolute Gasteiger partial charge is 0.182 e. The average molecular weight is 418 g/mol. The summed E-state index contributed by atoms with van der Waals surface area (Å²) in [4.78, 5) is 8.61. The lowest BCUT2D eigenvalue weighted by molar-refractivity contribution is -0.00154. The van der Waals surface area contributed by atoms with E-state index in [1.807, 2.05) is 0 Å². The molecule has 0 radical (unpaired) electrons.